The quantitative estimate of drug-likeness (QED) is 0.897. The molecule has 6 nitrogen and oxygen atoms in total. The summed E-state index contributed by atoms with van der Waals surface area (Å²) < 4.78 is 10.5. The van der Waals surface area contributed by atoms with E-state index in [1.807, 2.05) is 19.2 Å². The van der Waals surface area contributed by atoms with Crippen LogP contribution in [0, 0.1) is 5.92 Å². The third-order valence-electron chi connectivity index (χ3n) is 3.77. The zero-order valence-electron chi connectivity index (χ0n) is 11.7. The van der Waals surface area contributed by atoms with E-state index in [1.54, 1.807) is 6.26 Å². The van der Waals surface area contributed by atoms with Crippen molar-refractivity contribution in [3.8, 4) is 11.7 Å². The molecule has 3 rings (SSSR count). The van der Waals surface area contributed by atoms with Crippen LogP contribution in [0.25, 0.3) is 11.7 Å². The number of nitrogens with one attached hydrogen (secondary N) is 1. The number of rotatable bonds is 5. The molecule has 1 saturated heterocycles. The van der Waals surface area contributed by atoms with Crippen LogP contribution in [-0.2, 0) is 6.54 Å². The van der Waals surface area contributed by atoms with Crippen LogP contribution in [0.3, 0.4) is 0 Å². The molecular weight excluding hydrogens is 256 g/mol. The Morgan fingerprint density at radius 1 is 1.40 bits per heavy atom. The summed E-state index contributed by atoms with van der Waals surface area (Å²) in [4.78, 5) is 6.75. The third kappa shape index (κ3) is 3.08. The molecule has 20 heavy (non-hydrogen) atoms. The van der Waals surface area contributed by atoms with Crippen LogP contribution in [0.4, 0.5) is 0 Å². The zero-order valence-corrected chi connectivity index (χ0v) is 11.7. The molecule has 108 valence electrons. The van der Waals surface area contributed by atoms with Crippen molar-refractivity contribution in [3.63, 3.8) is 0 Å². The van der Waals surface area contributed by atoms with Crippen molar-refractivity contribution in [2.24, 2.45) is 5.92 Å². The zero-order chi connectivity index (χ0) is 13.8. The van der Waals surface area contributed by atoms with Crippen LogP contribution in [0.15, 0.2) is 27.3 Å². The van der Waals surface area contributed by atoms with E-state index in [9.17, 15) is 0 Å². The van der Waals surface area contributed by atoms with Crippen LogP contribution >= 0.6 is 0 Å². The van der Waals surface area contributed by atoms with Gasteiger partial charge in [0.25, 0.3) is 5.89 Å². The Balaban J connectivity index is 1.54. The van der Waals surface area contributed by atoms with Crippen molar-refractivity contribution in [1.29, 1.82) is 0 Å². The first-order valence-electron chi connectivity index (χ1n) is 7.08. The average Bonchev–Trinajstić information content (AvgIpc) is 3.12. The summed E-state index contributed by atoms with van der Waals surface area (Å²) >= 11 is 0. The van der Waals surface area contributed by atoms with Crippen molar-refractivity contribution in [2.75, 3.05) is 26.7 Å². The Bertz CT molecular complexity index is 515. The Hall–Kier alpha value is -1.66. The highest BCUT2D eigenvalue weighted by Gasteiger charge is 2.20. The van der Waals surface area contributed by atoms with Crippen molar-refractivity contribution in [2.45, 2.75) is 19.4 Å². The number of aromatic nitrogens is 2. The van der Waals surface area contributed by atoms with E-state index in [-0.39, 0.29) is 0 Å². The molecule has 6 heteroatoms. The molecule has 3 heterocycles. The molecule has 0 bridgehead atoms. The van der Waals surface area contributed by atoms with Gasteiger partial charge in [-0.3, -0.25) is 4.90 Å². The molecule has 0 atom stereocenters. The highest BCUT2D eigenvalue weighted by atomic mass is 16.5. The fourth-order valence-electron chi connectivity index (χ4n) is 2.66. The summed E-state index contributed by atoms with van der Waals surface area (Å²) in [7, 11) is 2.02. The second-order valence-electron chi connectivity index (χ2n) is 5.27. The van der Waals surface area contributed by atoms with E-state index in [4.69, 9.17) is 8.94 Å². The minimum atomic E-state index is 0.454. The predicted octanol–water partition coefficient (Wildman–Crippen LogP) is 1.76. The van der Waals surface area contributed by atoms with Gasteiger partial charge in [-0.1, -0.05) is 5.16 Å². The van der Waals surface area contributed by atoms with E-state index in [2.05, 4.69) is 20.4 Å². The Morgan fingerprint density at radius 3 is 2.95 bits per heavy atom. The maximum Gasteiger partial charge on any atom is 0.293 e. The lowest BCUT2D eigenvalue weighted by molar-refractivity contribution is 0.171. The van der Waals surface area contributed by atoms with Gasteiger partial charge in [0.05, 0.1) is 12.8 Å². The lowest BCUT2D eigenvalue weighted by Gasteiger charge is -2.30. The minimum Gasteiger partial charge on any atom is -0.459 e. The Labute approximate surface area is 118 Å². The number of hydrogen-bond donors (Lipinski definition) is 1. The molecule has 2 aromatic heterocycles. The maximum atomic E-state index is 5.25. The second-order valence-corrected chi connectivity index (χ2v) is 5.27. The molecule has 0 radical (unpaired) electrons. The number of hydrogen-bond acceptors (Lipinski definition) is 6. The molecule has 2 aromatic rings. The van der Waals surface area contributed by atoms with E-state index in [1.165, 1.54) is 12.8 Å². The smallest absolute Gasteiger partial charge is 0.293 e. The third-order valence-corrected chi connectivity index (χ3v) is 3.77. The first kappa shape index (κ1) is 13.3. The van der Waals surface area contributed by atoms with E-state index in [0.29, 0.717) is 11.7 Å². The van der Waals surface area contributed by atoms with Crippen LogP contribution in [0.5, 0.6) is 0 Å². The Morgan fingerprint density at radius 2 is 2.25 bits per heavy atom. The van der Waals surface area contributed by atoms with Gasteiger partial charge in [-0.25, -0.2) is 0 Å². The normalized spacial score (nSPS) is 17.6. The second kappa shape index (κ2) is 6.19. The average molecular weight is 276 g/mol. The summed E-state index contributed by atoms with van der Waals surface area (Å²) in [6.45, 7) is 4.04. The Kier molecular flexibility index (Phi) is 4.13. The lowest BCUT2D eigenvalue weighted by atomic mass is 9.97. The number of likely N-dealkylation sites (tertiary alicyclic amines) is 1. The predicted molar refractivity (Wildman–Crippen MR) is 73.9 cm³/mol. The summed E-state index contributed by atoms with van der Waals surface area (Å²) in [6, 6.07) is 3.63. The van der Waals surface area contributed by atoms with Crippen molar-refractivity contribution in [1.82, 2.24) is 20.4 Å². The first-order valence-corrected chi connectivity index (χ1v) is 7.08. The van der Waals surface area contributed by atoms with Gasteiger partial charge in [0, 0.05) is 0 Å². The van der Waals surface area contributed by atoms with Gasteiger partial charge in [-0.2, -0.15) is 4.98 Å². The topological polar surface area (TPSA) is 67.3 Å². The van der Waals surface area contributed by atoms with Crippen LogP contribution < -0.4 is 5.32 Å². The van der Waals surface area contributed by atoms with Gasteiger partial charge in [0.15, 0.2) is 11.6 Å². The summed E-state index contributed by atoms with van der Waals surface area (Å²) in [5.41, 5.74) is 0. The van der Waals surface area contributed by atoms with E-state index < -0.39 is 0 Å². The molecule has 1 aliphatic heterocycles. The standard InChI is InChI=1S/C14H20N4O2/c1-15-9-11-4-6-18(7-5-11)10-13-16-14(20-17-13)12-3-2-8-19-12/h2-3,8,11,15H,4-7,9-10H2,1H3. The molecule has 1 aliphatic rings. The monoisotopic (exact) mass is 276 g/mol. The molecule has 0 saturated carbocycles. The first-order chi connectivity index (χ1) is 9.85. The van der Waals surface area contributed by atoms with Gasteiger partial charge in [0.1, 0.15) is 0 Å². The largest absolute Gasteiger partial charge is 0.459 e. The highest BCUT2D eigenvalue weighted by molar-refractivity contribution is 5.42. The number of nitrogens with zero attached hydrogens (tertiary/aromatic N) is 3. The van der Waals surface area contributed by atoms with Crippen molar-refractivity contribution >= 4 is 0 Å². The molecule has 0 amide bonds. The van der Waals surface area contributed by atoms with Gasteiger partial charge in [-0.15, -0.1) is 0 Å². The summed E-state index contributed by atoms with van der Waals surface area (Å²) in [5.74, 6) is 2.59. The minimum absolute atomic E-state index is 0.454. The van der Waals surface area contributed by atoms with Crippen molar-refractivity contribution in [3.05, 3.63) is 24.2 Å². The molecule has 0 unspecified atom stereocenters. The highest BCUT2D eigenvalue weighted by Crippen LogP contribution is 2.20. The van der Waals surface area contributed by atoms with Gasteiger partial charge in [0.2, 0.25) is 0 Å². The van der Waals surface area contributed by atoms with Crippen LogP contribution in [-0.4, -0.2) is 41.7 Å². The lowest BCUT2D eigenvalue weighted by Crippen LogP contribution is -2.36. The maximum absolute atomic E-state index is 5.25. The molecular formula is C14H20N4O2. The van der Waals surface area contributed by atoms with Crippen molar-refractivity contribution < 1.29 is 8.94 Å². The molecule has 1 fully saturated rings. The molecule has 1 N–H and O–H groups in total. The van der Waals surface area contributed by atoms with Crippen LogP contribution in [0.2, 0.25) is 0 Å². The molecule has 0 aliphatic carbocycles. The molecule has 0 aromatic carbocycles. The number of piperidine rings is 1. The van der Waals surface area contributed by atoms with Gasteiger partial charge in [-0.05, 0) is 57.6 Å². The van der Waals surface area contributed by atoms with E-state index in [0.717, 1.165) is 37.9 Å². The van der Waals surface area contributed by atoms with Gasteiger partial charge >= 0.3 is 0 Å². The summed E-state index contributed by atoms with van der Waals surface area (Å²) in [5, 5.41) is 7.27. The van der Waals surface area contributed by atoms with E-state index >= 15 is 0 Å². The fraction of sp³-hybridized carbons (Fsp3) is 0.571. The van der Waals surface area contributed by atoms with Crippen LogP contribution in [0.1, 0.15) is 18.7 Å². The summed E-state index contributed by atoms with van der Waals surface area (Å²) in [6.07, 6.45) is 4.05. The fourth-order valence-corrected chi connectivity index (χ4v) is 2.66. The van der Waals surface area contributed by atoms with Gasteiger partial charge < -0.3 is 14.3 Å². The molecule has 0 spiro atoms. The SMILES string of the molecule is CNCC1CCN(Cc2noc(-c3ccco3)n2)CC1. The number of furan rings is 1.